The average Bonchev–Trinajstić information content (AvgIpc) is 2.30. The molecule has 0 aromatic carbocycles. The summed E-state index contributed by atoms with van der Waals surface area (Å²) in [6.07, 6.45) is 2.09. The Morgan fingerprint density at radius 2 is 2.25 bits per heavy atom. The number of hydrogen-bond donors (Lipinski definition) is 0. The second-order valence-corrected chi connectivity index (χ2v) is 16.9. The van der Waals surface area contributed by atoms with Gasteiger partial charge < -0.3 is 4.74 Å². The van der Waals surface area contributed by atoms with E-state index in [1.807, 2.05) is 18.7 Å². The van der Waals surface area contributed by atoms with Gasteiger partial charge in [-0.05, 0) is 43.8 Å². The third-order valence-corrected chi connectivity index (χ3v) is 9.94. The molecule has 1 saturated heterocycles. The Balaban J connectivity index is 2.61. The summed E-state index contributed by atoms with van der Waals surface area (Å²) >= 11 is 8.86. The van der Waals surface area contributed by atoms with Crippen LogP contribution in [0, 0.1) is 0 Å². The van der Waals surface area contributed by atoms with Gasteiger partial charge in [-0.15, -0.1) is 11.8 Å². The summed E-state index contributed by atoms with van der Waals surface area (Å²) in [6, 6.07) is 1.21. The second-order valence-electron chi connectivity index (χ2n) is 6.16. The van der Waals surface area contributed by atoms with E-state index in [0.29, 0.717) is 20.8 Å². The minimum absolute atomic E-state index is 0.294. The van der Waals surface area contributed by atoms with Gasteiger partial charge in [0.2, 0.25) is 4.38 Å². The molecule has 0 N–H and O–H groups in total. The lowest BCUT2D eigenvalue weighted by Crippen LogP contribution is -2.30. The molecule has 1 heterocycles. The van der Waals surface area contributed by atoms with Crippen molar-refractivity contribution in [2.24, 2.45) is 0 Å². The molecular formula is C13H26O2S4Si. The molecule has 1 aliphatic rings. The van der Waals surface area contributed by atoms with Crippen molar-refractivity contribution in [1.29, 1.82) is 0 Å². The standard InChI is InChI=1S/C13H26O2S4Si/c1-5-15-13(16)18-11(10-20(2,3)4)9-12-17-7-6-8-19(12)14/h11-12H,5-10H2,1-4H3. The molecule has 7 heteroatoms. The molecule has 3 unspecified atom stereocenters. The fourth-order valence-corrected chi connectivity index (χ4v) is 10.5. The van der Waals surface area contributed by atoms with Gasteiger partial charge in [0.25, 0.3) is 0 Å². The summed E-state index contributed by atoms with van der Waals surface area (Å²) in [6.45, 7) is 9.75. The minimum Gasteiger partial charge on any atom is -0.479 e. The van der Waals surface area contributed by atoms with Crippen LogP contribution in [0.1, 0.15) is 19.8 Å². The highest BCUT2D eigenvalue weighted by molar-refractivity contribution is 8.23. The van der Waals surface area contributed by atoms with Crippen molar-refractivity contribution in [1.82, 2.24) is 0 Å². The largest absolute Gasteiger partial charge is 0.479 e. The first-order valence-electron chi connectivity index (χ1n) is 7.14. The third-order valence-electron chi connectivity index (χ3n) is 2.91. The SMILES string of the molecule is CCOC(=S)SC(CC1SCCCS1=O)C[Si](C)(C)C. The lowest BCUT2D eigenvalue weighted by atomic mass is 10.4. The van der Waals surface area contributed by atoms with E-state index in [1.165, 1.54) is 6.04 Å². The predicted molar refractivity (Wildman–Crippen MR) is 102 cm³/mol. The van der Waals surface area contributed by atoms with Crippen LogP contribution in [0.4, 0.5) is 0 Å². The number of hydrogen-bond acceptors (Lipinski definition) is 5. The van der Waals surface area contributed by atoms with Gasteiger partial charge in [0.1, 0.15) is 0 Å². The fraction of sp³-hybridized carbons (Fsp3) is 0.923. The molecule has 3 atom stereocenters. The smallest absolute Gasteiger partial charge is 0.220 e. The Morgan fingerprint density at radius 3 is 2.80 bits per heavy atom. The highest BCUT2D eigenvalue weighted by atomic mass is 32.2. The van der Waals surface area contributed by atoms with E-state index in [4.69, 9.17) is 17.0 Å². The van der Waals surface area contributed by atoms with E-state index in [0.717, 1.165) is 24.3 Å². The predicted octanol–water partition coefficient (Wildman–Crippen LogP) is 4.35. The van der Waals surface area contributed by atoms with Crippen molar-refractivity contribution in [3.8, 4) is 0 Å². The molecule has 118 valence electrons. The Morgan fingerprint density at radius 1 is 1.55 bits per heavy atom. The molecule has 0 aliphatic carbocycles. The van der Waals surface area contributed by atoms with E-state index in [-0.39, 0.29) is 0 Å². The first kappa shape index (κ1) is 19.0. The molecule has 0 bridgehead atoms. The van der Waals surface area contributed by atoms with Gasteiger partial charge in [-0.2, -0.15) is 0 Å². The second kappa shape index (κ2) is 9.18. The van der Waals surface area contributed by atoms with Crippen molar-refractivity contribution < 1.29 is 8.95 Å². The van der Waals surface area contributed by atoms with Gasteiger partial charge in [-0.25, -0.2) is 0 Å². The van der Waals surface area contributed by atoms with Crippen molar-refractivity contribution in [3.05, 3.63) is 0 Å². The van der Waals surface area contributed by atoms with Crippen molar-refractivity contribution in [2.45, 2.75) is 55.3 Å². The van der Waals surface area contributed by atoms with Crippen LogP contribution in [-0.2, 0) is 15.5 Å². The summed E-state index contributed by atoms with van der Waals surface area (Å²) in [5, 5.41) is 0.459. The normalized spacial score (nSPS) is 25.2. The van der Waals surface area contributed by atoms with Gasteiger partial charge in [0, 0.05) is 29.9 Å². The van der Waals surface area contributed by atoms with Crippen LogP contribution in [-0.4, -0.2) is 44.6 Å². The zero-order valence-corrected chi connectivity index (χ0v) is 17.1. The molecule has 0 aromatic heterocycles. The quantitative estimate of drug-likeness (QED) is 0.511. The maximum atomic E-state index is 12.1. The molecule has 0 aromatic rings. The van der Waals surface area contributed by atoms with E-state index in [2.05, 4.69) is 19.6 Å². The molecule has 1 aliphatic heterocycles. The Hall–Kier alpha value is 0.957. The third kappa shape index (κ3) is 7.82. The summed E-state index contributed by atoms with van der Waals surface area (Å²) in [7, 11) is -1.83. The summed E-state index contributed by atoms with van der Waals surface area (Å²) in [5.41, 5.74) is 0. The van der Waals surface area contributed by atoms with Gasteiger partial charge >= 0.3 is 0 Å². The lowest BCUT2D eigenvalue weighted by molar-refractivity contribution is 0.346. The molecule has 2 nitrogen and oxygen atoms in total. The van der Waals surface area contributed by atoms with Gasteiger partial charge in [-0.1, -0.05) is 31.4 Å². The first-order chi connectivity index (χ1) is 9.31. The van der Waals surface area contributed by atoms with E-state index >= 15 is 0 Å². The van der Waals surface area contributed by atoms with Crippen molar-refractivity contribution in [3.63, 3.8) is 0 Å². The molecule has 0 spiro atoms. The maximum absolute atomic E-state index is 12.1. The fourth-order valence-electron chi connectivity index (χ4n) is 2.16. The van der Waals surface area contributed by atoms with Crippen LogP contribution in [0.25, 0.3) is 0 Å². The first-order valence-corrected chi connectivity index (χ1v) is 14.6. The monoisotopic (exact) mass is 370 g/mol. The number of rotatable bonds is 6. The van der Waals surface area contributed by atoms with Crippen LogP contribution in [0.3, 0.4) is 0 Å². The molecule has 0 saturated carbocycles. The van der Waals surface area contributed by atoms with Crippen LogP contribution < -0.4 is 0 Å². The summed E-state index contributed by atoms with van der Waals surface area (Å²) in [5.74, 6) is 2.02. The minimum atomic E-state index is -1.16. The Labute approximate surface area is 141 Å². The lowest BCUT2D eigenvalue weighted by Gasteiger charge is -2.28. The van der Waals surface area contributed by atoms with Gasteiger partial charge in [0.15, 0.2) is 0 Å². The highest BCUT2D eigenvalue weighted by Gasteiger charge is 2.29. The van der Waals surface area contributed by atoms with E-state index in [9.17, 15) is 4.21 Å². The van der Waals surface area contributed by atoms with Crippen LogP contribution in [0.2, 0.25) is 25.7 Å². The average molecular weight is 371 g/mol. The van der Waals surface area contributed by atoms with Crippen molar-refractivity contribution >= 4 is 59.0 Å². The maximum Gasteiger partial charge on any atom is 0.220 e. The Bertz CT molecular complexity index is 344. The van der Waals surface area contributed by atoms with E-state index in [1.54, 1.807) is 11.8 Å². The molecule has 1 fully saturated rings. The number of ether oxygens (including phenoxy) is 1. The number of thiocarbonyl (C=S) groups is 1. The summed E-state index contributed by atoms with van der Waals surface area (Å²) < 4.78 is 18.5. The molecule has 0 amide bonds. The van der Waals surface area contributed by atoms with Gasteiger partial charge in [0.05, 0.1) is 11.2 Å². The zero-order chi connectivity index (χ0) is 15.2. The molecule has 0 radical (unpaired) electrons. The Kier molecular flexibility index (Phi) is 8.72. The number of thioether (sulfide) groups is 2. The van der Waals surface area contributed by atoms with Crippen LogP contribution in [0.5, 0.6) is 0 Å². The molecule has 1 rings (SSSR count). The summed E-state index contributed by atoms with van der Waals surface area (Å²) in [4.78, 5) is 0. The molecule has 20 heavy (non-hydrogen) atoms. The van der Waals surface area contributed by atoms with E-state index < -0.39 is 18.9 Å². The topological polar surface area (TPSA) is 26.3 Å². The van der Waals surface area contributed by atoms with Crippen LogP contribution >= 0.6 is 35.7 Å². The van der Waals surface area contributed by atoms with Gasteiger partial charge in [-0.3, -0.25) is 4.21 Å². The van der Waals surface area contributed by atoms with Crippen LogP contribution in [0.15, 0.2) is 0 Å². The zero-order valence-electron chi connectivity index (χ0n) is 12.8. The highest BCUT2D eigenvalue weighted by Crippen LogP contribution is 2.34. The molecular weight excluding hydrogens is 344 g/mol. The van der Waals surface area contributed by atoms with Crippen molar-refractivity contribution in [2.75, 3.05) is 18.1 Å².